The van der Waals surface area contributed by atoms with Gasteiger partial charge in [-0.25, -0.2) is 0 Å². The first-order valence-electron chi connectivity index (χ1n) is 9.03. The minimum absolute atomic E-state index is 0.0452. The van der Waals surface area contributed by atoms with Gasteiger partial charge in [0, 0.05) is 12.5 Å². The molecule has 1 N–H and O–H groups in total. The molecule has 2 atom stereocenters. The van der Waals surface area contributed by atoms with Crippen LogP contribution < -0.4 is 0 Å². The molecule has 1 aliphatic rings. The van der Waals surface area contributed by atoms with Gasteiger partial charge < -0.3 is 9.53 Å². The van der Waals surface area contributed by atoms with Gasteiger partial charge in [0.15, 0.2) is 8.32 Å². The Morgan fingerprint density at radius 1 is 1.21 bits per heavy atom. The van der Waals surface area contributed by atoms with E-state index in [4.69, 9.17) is 4.43 Å². The van der Waals surface area contributed by atoms with Crippen molar-refractivity contribution in [3.05, 3.63) is 41.5 Å². The van der Waals surface area contributed by atoms with Crippen LogP contribution in [0.1, 0.15) is 46.6 Å². The molecule has 3 heteroatoms. The molecule has 0 unspecified atom stereocenters. The van der Waals surface area contributed by atoms with E-state index in [2.05, 4.69) is 78.1 Å². The second kappa shape index (κ2) is 6.78. The second-order valence-electron chi connectivity index (χ2n) is 9.39. The van der Waals surface area contributed by atoms with Crippen LogP contribution in [0.3, 0.4) is 0 Å². The first-order chi connectivity index (χ1) is 11.0. The van der Waals surface area contributed by atoms with Crippen LogP contribution in [-0.2, 0) is 4.43 Å². The Hall–Kier alpha value is -0.903. The molecule has 0 bridgehead atoms. The molecule has 2 nitrogen and oxygen atoms in total. The van der Waals surface area contributed by atoms with E-state index in [9.17, 15) is 5.11 Å². The topological polar surface area (TPSA) is 29.5 Å². The highest BCUT2D eigenvalue weighted by Crippen LogP contribution is 2.50. The van der Waals surface area contributed by atoms with Crippen molar-refractivity contribution in [3.8, 4) is 0 Å². The molecule has 1 fully saturated rings. The molecule has 1 aromatic rings. The van der Waals surface area contributed by atoms with Crippen molar-refractivity contribution in [3.63, 3.8) is 0 Å². The maximum absolute atomic E-state index is 9.94. The molecule has 24 heavy (non-hydrogen) atoms. The molecule has 0 aromatic heterocycles. The number of hydrogen-bond acceptors (Lipinski definition) is 2. The Morgan fingerprint density at radius 3 is 2.29 bits per heavy atom. The summed E-state index contributed by atoms with van der Waals surface area (Å²) in [4.78, 5) is 0. The normalized spacial score (nSPS) is 26.1. The van der Waals surface area contributed by atoms with E-state index in [-0.39, 0.29) is 29.1 Å². The SMILES string of the molecule is CC1(C)C[C@@H](CO)/C(=C/c2ccccc2)[C@@H]1O[Si](C)(C)C(C)(C)C. The Morgan fingerprint density at radius 2 is 1.79 bits per heavy atom. The van der Waals surface area contributed by atoms with Crippen molar-refractivity contribution >= 4 is 14.4 Å². The van der Waals surface area contributed by atoms with Crippen LogP contribution >= 0.6 is 0 Å². The van der Waals surface area contributed by atoms with Gasteiger partial charge in [-0.2, -0.15) is 0 Å². The van der Waals surface area contributed by atoms with E-state index < -0.39 is 8.32 Å². The third kappa shape index (κ3) is 4.01. The zero-order valence-electron chi connectivity index (χ0n) is 16.4. The Labute approximate surface area is 149 Å². The predicted octanol–water partition coefficient (Wildman–Crippen LogP) is 5.50. The summed E-state index contributed by atoms with van der Waals surface area (Å²) in [5.74, 6) is 0.190. The van der Waals surface area contributed by atoms with Gasteiger partial charge in [-0.3, -0.25) is 0 Å². The van der Waals surface area contributed by atoms with Crippen molar-refractivity contribution in [2.75, 3.05) is 6.61 Å². The Bertz CT molecular complexity index is 582. The summed E-state index contributed by atoms with van der Waals surface area (Å²) in [7, 11) is -1.88. The van der Waals surface area contributed by atoms with E-state index >= 15 is 0 Å². The van der Waals surface area contributed by atoms with Crippen molar-refractivity contribution in [1.82, 2.24) is 0 Å². The molecule has 1 aromatic carbocycles. The van der Waals surface area contributed by atoms with Gasteiger partial charge in [0.25, 0.3) is 0 Å². The summed E-state index contributed by atoms with van der Waals surface area (Å²) in [6.45, 7) is 16.2. The van der Waals surface area contributed by atoms with Crippen LogP contribution in [0, 0.1) is 11.3 Å². The fraction of sp³-hybridized carbons (Fsp3) is 0.619. The fourth-order valence-corrected chi connectivity index (χ4v) is 4.73. The first kappa shape index (κ1) is 19.4. The quantitative estimate of drug-likeness (QED) is 0.730. The van der Waals surface area contributed by atoms with Gasteiger partial charge in [0.1, 0.15) is 0 Å². The minimum atomic E-state index is -1.88. The molecule has 1 saturated carbocycles. The summed E-state index contributed by atoms with van der Waals surface area (Å²) >= 11 is 0. The lowest BCUT2D eigenvalue weighted by atomic mass is 9.88. The first-order valence-corrected chi connectivity index (χ1v) is 11.9. The monoisotopic (exact) mass is 346 g/mol. The van der Waals surface area contributed by atoms with E-state index in [1.54, 1.807) is 0 Å². The van der Waals surface area contributed by atoms with E-state index in [1.807, 2.05) is 6.07 Å². The Balaban J connectivity index is 2.42. The molecule has 0 saturated heterocycles. The van der Waals surface area contributed by atoms with Gasteiger partial charge in [0.05, 0.1) is 6.10 Å². The lowest BCUT2D eigenvalue weighted by Gasteiger charge is -2.42. The summed E-state index contributed by atoms with van der Waals surface area (Å²) in [6, 6.07) is 10.4. The fourth-order valence-electron chi connectivity index (χ4n) is 3.33. The molecule has 0 amide bonds. The molecule has 1 aliphatic carbocycles. The number of rotatable bonds is 4. The zero-order valence-corrected chi connectivity index (χ0v) is 17.4. The van der Waals surface area contributed by atoms with Crippen LogP contribution in [0.15, 0.2) is 35.9 Å². The summed E-state index contributed by atoms with van der Waals surface area (Å²) < 4.78 is 6.85. The van der Waals surface area contributed by atoms with Gasteiger partial charge in [0.2, 0.25) is 0 Å². The average Bonchev–Trinajstić information content (AvgIpc) is 2.70. The predicted molar refractivity (Wildman–Crippen MR) is 105 cm³/mol. The summed E-state index contributed by atoms with van der Waals surface area (Å²) in [5.41, 5.74) is 2.50. The van der Waals surface area contributed by atoms with E-state index in [0.29, 0.717) is 0 Å². The molecule has 2 rings (SSSR count). The smallest absolute Gasteiger partial charge is 0.192 e. The third-order valence-electron chi connectivity index (χ3n) is 5.83. The zero-order chi connectivity index (χ0) is 18.2. The third-order valence-corrected chi connectivity index (χ3v) is 10.3. The molecule has 0 spiro atoms. The van der Waals surface area contributed by atoms with Gasteiger partial charge in [-0.15, -0.1) is 0 Å². The molecular formula is C21H34O2Si. The van der Waals surface area contributed by atoms with Crippen LogP contribution in [0.4, 0.5) is 0 Å². The second-order valence-corrected chi connectivity index (χ2v) is 14.1. The minimum Gasteiger partial charge on any atom is -0.410 e. The van der Waals surface area contributed by atoms with E-state index in [1.165, 1.54) is 11.1 Å². The lowest BCUT2D eigenvalue weighted by Crippen LogP contribution is -2.46. The highest BCUT2D eigenvalue weighted by Gasteiger charge is 2.49. The number of benzene rings is 1. The summed E-state index contributed by atoms with van der Waals surface area (Å²) in [6.07, 6.45) is 3.30. The maximum Gasteiger partial charge on any atom is 0.192 e. The van der Waals surface area contributed by atoms with E-state index in [0.717, 1.165) is 6.42 Å². The largest absolute Gasteiger partial charge is 0.410 e. The van der Waals surface area contributed by atoms with Crippen molar-refractivity contribution in [2.45, 2.75) is 65.3 Å². The number of aliphatic hydroxyl groups is 1. The standard InChI is InChI=1S/C21H34O2Si/c1-20(2,3)24(6,7)23-19-18(13-16-11-9-8-10-12-16)17(15-22)14-21(19,4)5/h8-13,17,19,22H,14-15H2,1-7H3/b18-13-/t17-,19-/m0/s1. The lowest BCUT2D eigenvalue weighted by molar-refractivity contribution is 0.112. The van der Waals surface area contributed by atoms with Crippen molar-refractivity contribution in [1.29, 1.82) is 0 Å². The van der Waals surface area contributed by atoms with Crippen LogP contribution in [0.25, 0.3) is 6.08 Å². The van der Waals surface area contributed by atoms with Crippen molar-refractivity contribution in [2.24, 2.45) is 11.3 Å². The van der Waals surface area contributed by atoms with Crippen LogP contribution in [0.5, 0.6) is 0 Å². The highest BCUT2D eigenvalue weighted by atomic mass is 28.4. The van der Waals surface area contributed by atoms with Gasteiger partial charge in [-0.1, -0.05) is 71.0 Å². The van der Waals surface area contributed by atoms with Crippen molar-refractivity contribution < 1.29 is 9.53 Å². The molecule has 0 heterocycles. The molecule has 0 aliphatic heterocycles. The van der Waals surface area contributed by atoms with Gasteiger partial charge >= 0.3 is 0 Å². The van der Waals surface area contributed by atoms with Crippen LogP contribution in [-0.4, -0.2) is 26.1 Å². The molecule has 134 valence electrons. The number of aliphatic hydroxyl groups excluding tert-OH is 1. The average molecular weight is 347 g/mol. The highest BCUT2D eigenvalue weighted by molar-refractivity contribution is 6.74. The number of hydrogen-bond donors (Lipinski definition) is 1. The molecular weight excluding hydrogens is 312 g/mol. The summed E-state index contributed by atoms with van der Waals surface area (Å²) in [5, 5.41) is 10.1. The van der Waals surface area contributed by atoms with Crippen LogP contribution in [0.2, 0.25) is 18.1 Å². The Kier molecular flexibility index (Phi) is 5.48. The maximum atomic E-state index is 9.94. The molecule has 0 radical (unpaired) electrons. The van der Waals surface area contributed by atoms with Gasteiger partial charge in [-0.05, 0) is 41.1 Å².